The van der Waals surface area contributed by atoms with Crippen LogP contribution in [-0.4, -0.2) is 14.4 Å². The van der Waals surface area contributed by atoms with Gasteiger partial charge < -0.3 is 0 Å². The third kappa shape index (κ3) is 1.71. The van der Waals surface area contributed by atoms with Gasteiger partial charge in [-0.3, -0.25) is 9.36 Å². The van der Waals surface area contributed by atoms with E-state index in [4.69, 9.17) is 0 Å². The Balaban J connectivity index is 2.29. The van der Waals surface area contributed by atoms with Crippen molar-refractivity contribution in [2.24, 2.45) is 0 Å². The van der Waals surface area contributed by atoms with Crippen LogP contribution in [0.15, 0.2) is 12.2 Å². The first-order chi connectivity index (χ1) is 8.18. The van der Waals surface area contributed by atoms with Crippen LogP contribution in [0.25, 0.3) is 12.2 Å². The Morgan fingerprint density at radius 1 is 1.35 bits per heavy atom. The Kier molecular flexibility index (Phi) is 2.73. The van der Waals surface area contributed by atoms with Gasteiger partial charge >= 0.3 is 0 Å². The minimum absolute atomic E-state index is 0.116. The van der Waals surface area contributed by atoms with Crippen molar-refractivity contribution < 1.29 is 4.79 Å². The van der Waals surface area contributed by atoms with Crippen LogP contribution in [0, 0.1) is 0 Å². The molecule has 0 saturated heterocycles. The van der Waals surface area contributed by atoms with Crippen molar-refractivity contribution in [1.29, 1.82) is 0 Å². The highest BCUT2D eigenvalue weighted by molar-refractivity contribution is 14.1. The van der Waals surface area contributed by atoms with Gasteiger partial charge in [0.05, 0.1) is 11.4 Å². The topological polar surface area (TPSA) is 22.0 Å². The van der Waals surface area contributed by atoms with Gasteiger partial charge in [0, 0.05) is 10.8 Å². The van der Waals surface area contributed by atoms with E-state index < -0.39 is 0 Å². The van der Waals surface area contributed by atoms with Gasteiger partial charge in [-0.15, -0.1) is 0 Å². The van der Waals surface area contributed by atoms with E-state index in [9.17, 15) is 4.79 Å². The molecular weight excluding hydrogens is 325 g/mol. The number of nitrogens with zero attached hydrogens (tertiary/aromatic N) is 1. The third-order valence-corrected chi connectivity index (χ3v) is 4.33. The average Bonchev–Trinajstić information content (AvgIpc) is 2.63. The van der Waals surface area contributed by atoms with E-state index in [-0.39, 0.29) is 5.91 Å². The summed E-state index contributed by atoms with van der Waals surface area (Å²) in [5.74, 6) is 0.116. The zero-order valence-electron chi connectivity index (χ0n) is 9.74. The molecule has 2 aliphatic rings. The van der Waals surface area contributed by atoms with Crippen molar-refractivity contribution in [2.45, 2.75) is 30.1 Å². The lowest BCUT2D eigenvalue weighted by molar-refractivity contribution is 0.0935. The molecule has 0 amide bonds. The van der Waals surface area contributed by atoms with Crippen LogP contribution in [0.1, 0.15) is 40.7 Å². The molecule has 0 aromatic carbocycles. The summed E-state index contributed by atoms with van der Waals surface area (Å²) in [5, 5.41) is 0. The number of carbonyl (C=O) groups excluding carboxylic acids is 1. The molecule has 1 atom stereocenters. The predicted octanol–water partition coefficient (Wildman–Crippen LogP) is 3.48. The second kappa shape index (κ2) is 4.12. The van der Waals surface area contributed by atoms with E-state index in [2.05, 4.69) is 46.9 Å². The Morgan fingerprint density at radius 2 is 2.12 bits per heavy atom. The van der Waals surface area contributed by atoms with Crippen LogP contribution >= 0.6 is 22.6 Å². The number of rotatable bonds is 0. The fraction of sp³-hybridized carbons (Fsp3) is 0.357. The van der Waals surface area contributed by atoms with Crippen LogP contribution in [0.3, 0.4) is 0 Å². The summed E-state index contributed by atoms with van der Waals surface area (Å²) in [5.41, 5.74) is 5.01. The zero-order valence-corrected chi connectivity index (χ0v) is 11.9. The van der Waals surface area contributed by atoms with Gasteiger partial charge in [0.25, 0.3) is 0 Å². The van der Waals surface area contributed by atoms with Crippen LogP contribution in [0.5, 0.6) is 0 Å². The molecular formula is C14H14INO. The summed E-state index contributed by atoms with van der Waals surface area (Å²) in [4.78, 5) is 11.8. The maximum atomic E-state index is 11.8. The van der Waals surface area contributed by atoms with Gasteiger partial charge in [0.15, 0.2) is 0 Å². The molecule has 1 aromatic heterocycles. The predicted molar refractivity (Wildman–Crippen MR) is 78.6 cm³/mol. The largest absolute Gasteiger partial charge is 0.281 e. The number of hydrogen-bond acceptors (Lipinski definition) is 1. The summed E-state index contributed by atoms with van der Waals surface area (Å²) in [6.45, 7) is 1.65. The highest BCUT2D eigenvalue weighted by Gasteiger charge is 2.26. The monoisotopic (exact) mass is 339 g/mol. The van der Waals surface area contributed by atoms with Crippen molar-refractivity contribution in [1.82, 2.24) is 4.57 Å². The Labute approximate surface area is 115 Å². The number of halogens is 1. The maximum Gasteiger partial charge on any atom is 0.228 e. The number of aromatic nitrogens is 1. The van der Waals surface area contributed by atoms with Crippen molar-refractivity contribution >= 4 is 40.7 Å². The number of fused-ring (bicyclic) bond motifs is 3. The van der Waals surface area contributed by atoms with E-state index in [1.54, 1.807) is 6.92 Å². The molecule has 1 aromatic rings. The molecule has 3 heteroatoms. The molecule has 0 saturated carbocycles. The first-order valence-corrected chi connectivity index (χ1v) is 7.19. The first kappa shape index (κ1) is 11.3. The molecule has 17 heavy (non-hydrogen) atoms. The number of allylic oxidation sites excluding steroid dienone is 2. The normalized spacial score (nSPS) is 21.2. The van der Waals surface area contributed by atoms with E-state index in [0.717, 1.165) is 30.7 Å². The molecule has 2 nitrogen and oxygen atoms in total. The summed E-state index contributed by atoms with van der Waals surface area (Å²) < 4.78 is 2.43. The summed E-state index contributed by atoms with van der Waals surface area (Å²) in [6.07, 6.45) is 11.8. The first-order valence-electron chi connectivity index (χ1n) is 5.94. The quantitative estimate of drug-likeness (QED) is 0.524. The molecule has 1 unspecified atom stereocenters. The molecule has 0 fully saturated rings. The lowest BCUT2D eigenvalue weighted by Gasteiger charge is -2.13. The number of carbonyl (C=O) groups is 1. The zero-order chi connectivity index (χ0) is 12.0. The molecule has 0 aliphatic heterocycles. The van der Waals surface area contributed by atoms with Crippen LogP contribution in [-0.2, 0) is 12.8 Å². The van der Waals surface area contributed by atoms with Gasteiger partial charge in [0.2, 0.25) is 5.91 Å². The van der Waals surface area contributed by atoms with Crippen molar-refractivity contribution in [2.75, 3.05) is 0 Å². The highest BCUT2D eigenvalue weighted by Crippen LogP contribution is 2.34. The van der Waals surface area contributed by atoms with Gasteiger partial charge in [-0.05, 0) is 42.5 Å². The highest BCUT2D eigenvalue weighted by atomic mass is 127. The minimum atomic E-state index is 0.116. The van der Waals surface area contributed by atoms with Crippen LogP contribution in [0.4, 0.5) is 0 Å². The molecule has 0 bridgehead atoms. The maximum absolute atomic E-state index is 11.8. The lowest BCUT2D eigenvalue weighted by atomic mass is 9.94. The van der Waals surface area contributed by atoms with Gasteiger partial charge in [0.1, 0.15) is 0 Å². The third-order valence-electron chi connectivity index (χ3n) is 3.48. The number of hydrogen-bond donors (Lipinski definition) is 0. The average molecular weight is 339 g/mol. The Bertz CT molecular complexity index is 551. The Hall–Kier alpha value is -0.840. The Morgan fingerprint density at radius 3 is 2.88 bits per heavy atom. The second-order valence-electron chi connectivity index (χ2n) is 4.60. The van der Waals surface area contributed by atoms with E-state index >= 15 is 0 Å². The smallest absolute Gasteiger partial charge is 0.228 e. The fourth-order valence-electron chi connectivity index (χ4n) is 2.79. The lowest BCUT2D eigenvalue weighted by Crippen LogP contribution is -2.12. The van der Waals surface area contributed by atoms with Gasteiger partial charge in [-0.1, -0.05) is 34.7 Å². The van der Waals surface area contributed by atoms with Gasteiger partial charge in [-0.25, -0.2) is 0 Å². The van der Waals surface area contributed by atoms with Crippen molar-refractivity contribution in [3.05, 3.63) is 34.7 Å². The number of alkyl halides is 1. The second-order valence-corrected chi connectivity index (χ2v) is 6.20. The molecule has 88 valence electrons. The van der Waals surface area contributed by atoms with E-state index in [1.165, 1.54) is 11.1 Å². The minimum Gasteiger partial charge on any atom is -0.281 e. The van der Waals surface area contributed by atoms with Gasteiger partial charge in [-0.2, -0.15) is 0 Å². The van der Waals surface area contributed by atoms with Crippen molar-refractivity contribution in [3.8, 4) is 0 Å². The summed E-state index contributed by atoms with van der Waals surface area (Å²) in [7, 11) is 0. The van der Waals surface area contributed by atoms with Crippen LogP contribution < -0.4 is 0 Å². The molecule has 1 heterocycles. The standard InChI is InChI=1S/C14H14INO/c1-9(17)16-13-5-3-2-4-11(13)12-8-10(15)6-7-14(12)16/h3,5-7,10H,2,4,8H2,1H3. The molecule has 2 aliphatic carbocycles. The van der Waals surface area contributed by atoms with E-state index in [0.29, 0.717) is 3.92 Å². The SMILES string of the molecule is CC(=O)n1c2c(c3c1C=CC(I)C3)CCC=C2. The summed E-state index contributed by atoms with van der Waals surface area (Å²) in [6, 6.07) is 0. The molecule has 0 N–H and O–H groups in total. The molecule has 0 spiro atoms. The molecule has 3 rings (SSSR count). The molecule has 0 radical (unpaired) electrons. The van der Waals surface area contributed by atoms with Crippen molar-refractivity contribution in [3.63, 3.8) is 0 Å². The summed E-state index contributed by atoms with van der Waals surface area (Å²) >= 11 is 2.46. The fourth-order valence-corrected chi connectivity index (χ4v) is 3.43. The van der Waals surface area contributed by atoms with E-state index in [1.807, 2.05) is 4.57 Å². The van der Waals surface area contributed by atoms with Crippen LogP contribution in [0.2, 0.25) is 0 Å².